The molecule has 0 bridgehead atoms. The smallest absolute Gasteiger partial charge is 0.348 e. The zero-order valence-electron chi connectivity index (χ0n) is 21.1. The highest BCUT2D eigenvalue weighted by molar-refractivity contribution is 7.15. The molecule has 1 saturated carbocycles. The Balaban J connectivity index is 2.08. The van der Waals surface area contributed by atoms with Crippen LogP contribution in [0.5, 0.6) is 0 Å². The van der Waals surface area contributed by atoms with Crippen LogP contribution < -0.4 is 4.90 Å². The van der Waals surface area contributed by atoms with Crippen LogP contribution in [0.3, 0.4) is 0 Å². The molecule has 34 heavy (non-hydrogen) atoms. The average Bonchev–Trinajstić information content (AvgIpc) is 3.40. The second-order valence-corrected chi connectivity index (χ2v) is 11.7. The summed E-state index contributed by atoms with van der Waals surface area (Å²) in [4.78, 5) is 32.8. The zero-order chi connectivity index (χ0) is 25.2. The van der Waals surface area contributed by atoms with Crippen molar-refractivity contribution in [3.8, 4) is 11.8 Å². The highest BCUT2D eigenvalue weighted by atomic mass is 32.1. The summed E-state index contributed by atoms with van der Waals surface area (Å²) in [7, 11) is 0. The van der Waals surface area contributed by atoms with Crippen LogP contribution in [0, 0.1) is 29.1 Å². The fourth-order valence-electron chi connectivity index (χ4n) is 4.01. The maximum absolute atomic E-state index is 13.9. The number of aromatic nitrogens is 2. The van der Waals surface area contributed by atoms with E-state index in [1.54, 1.807) is 11.0 Å². The molecule has 1 atom stereocenters. The minimum atomic E-state index is -1.08. The zero-order valence-corrected chi connectivity index (χ0v) is 22.0. The van der Waals surface area contributed by atoms with Crippen molar-refractivity contribution < 1.29 is 19.2 Å². The van der Waals surface area contributed by atoms with Crippen molar-refractivity contribution in [2.24, 2.45) is 17.3 Å². The number of carbonyl (C=O) groups excluding carboxylic acids is 1. The summed E-state index contributed by atoms with van der Waals surface area (Å²) in [5.41, 5.74) is 0.114. The molecule has 1 fully saturated rings. The Morgan fingerprint density at radius 3 is 2.38 bits per heavy atom. The van der Waals surface area contributed by atoms with Gasteiger partial charge in [0.15, 0.2) is 5.82 Å². The number of thiophene rings is 1. The van der Waals surface area contributed by atoms with Gasteiger partial charge in [-0.3, -0.25) is 9.69 Å². The maximum atomic E-state index is 13.9. The third kappa shape index (κ3) is 6.06. The van der Waals surface area contributed by atoms with Gasteiger partial charge in [0, 0.05) is 17.3 Å². The van der Waals surface area contributed by atoms with Gasteiger partial charge in [0.05, 0.1) is 10.6 Å². The number of hydrogen-bond donors (Lipinski definition) is 1. The molecule has 1 aliphatic rings. The topological polar surface area (TPSA) is 96.5 Å². The van der Waals surface area contributed by atoms with Gasteiger partial charge in [0.1, 0.15) is 10.9 Å². The summed E-state index contributed by atoms with van der Waals surface area (Å²) in [6, 6.07) is 1.11. The molecule has 7 nitrogen and oxygen atoms in total. The quantitative estimate of drug-likeness (QED) is 0.484. The van der Waals surface area contributed by atoms with Crippen LogP contribution in [0.1, 0.15) is 112 Å². The summed E-state index contributed by atoms with van der Waals surface area (Å²) in [5.74, 6) is 6.41. The van der Waals surface area contributed by atoms with E-state index in [1.165, 1.54) is 0 Å². The first kappa shape index (κ1) is 26.0. The van der Waals surface area contributed by atoms with Crippen LogP contribution in [0.4, 0.5) is 5.69 Å². The molecule has 1 unspecified atom stereocenters. The molecular formula is C26H35N3O4S. The van der Waals surface area contributed by atoms with Gasteiger partial charge in [-0.15, -0.1) is 11.3 Å². The lowest BCUT2D eigenvalue weighted by molar-refractivity contribution is -0.124. The maximum Gasteiger partial charge on any atom is 0.348 e. The van der Waals surface area contributed by atoms with Crippen LogP contribution in [-0.4, -0.2) is 27.1 Å². The van der Waals surface area contributed by atoms with Crippen LogP contribution in [0.25, 0.3) is 0 Å². The van der Waals surface area contributed by atoms with E-state index in [4.69, 9.17) is 4.52 Å². The Morgan fingerprint density at radius 2 is 1.85 bits per heavy atom. The Labute approximate surface area is 205 Å². The summed E-state index contributed by atoms with van der Waals surface area (Å²) < 4.78 is 5.52. The van der Waals surface area contributed by atoms with Gasteiger partial charge in [-0.25, -0.2) is 4.79 Å². The fraction of sp³-hybridized carbons (Fsp3) is 0.615. The van der Waals surface area contributed by atoms with E-state index in [0.29, 0.717) is 28.2 Å². The lowest BCUT2D eigenvalue weighted by Crippen LogP contribution is -2.40. The minimum Gasteiger partial charge on any atom is -0.477 e. The first-order chi connectivity index (χ1) is 15.9. The molecule has 2 aromatic rings. The number of nitrogens with zero attached hydrogens (tertiary/aromatic N) is 3. The third-order valence-electron chi connectivity index (χ3n) is 6.05. The molecule has 0 aliphatic heterocycles. The normalized spacial score (nSPS) is 19.4. The molecule has 1 amide bonds. The largest absolute Gasteiger partial charge is 0.477 e. The number of aromatic carboxylic acids is 1. The van der Waals surface area contributed by atoms with Crippen molar-refractivity contribution in [3.63, 3.8) is 0 Å². The molecule has 2 aromatic heterocycles. The summed E-state index contributed by atoms with van der Waals surface area (Å²) in [6.07, 6.45) is 3.53. The molecule has 1 aliphatic carbocycles. The Morgan fingerprint density at radius 1 is 1.21 bits per heavy atom. The average molecular weight is 486 g/mol. The lowest BCUT2D eigenvalue weighted by Gasteiger charge is -2.33. The molecule has 0 aromatic carbocycles. The fourth-order valence-corrected chi connectivity index (χ4v) is 4.85. The summed E-state index contributed by atoms with van der Waals surface area (Å²) in [6.45, 7) is 13.9. The van der Waals surface area contributed by atoms with E-state index < -0.39 is 12.0 Å². The van der Waals surface area contributed by atoms with Crippen LogP contribution in [0.15, 0.2) is 10.6 Å². The molecule has 0 saturated heterocycles. The van der Waals surface area contributed by atoms with Crippen molar-refractivity contribution in [2.75, 3.05) is 4.90 Å². The van der Waals surface area contributed by atoms with Gasteiger partial charge in [0.25, 0.3) is 0 Å². The van der Waals surface area contributed by atoms with Gasteiger partial charge < -0.3 is 9.63 Å². The van der Waals surface area contributed by atoms with E-state index in [-0.39, 0.29) is 28.0 Å². The van der Waals surface area contributed by atoms with Crippen LogP contribution in [-0.2, 0) is 4.79 Å². The van der Waals surface area contributed by atoms with Gasteiger partial charge in [-0.05, 0) is 65.4 Å². The second kappa shape index (κ2) is 10.3. The van der Waals surface area contributed by atoms with Gasteiger partial charge in [-0.2, -0.15) is 4.98 Å². The Hall–Kier alpha value is -2.66. The van der Waals surface area contributed by atoms with Crippen molar-refractivity contribution in [1.29, 1.82) is 0 Å². The van der Waals surface area contributed by atoms with Crippen molar-refractivity contribution >= 4 is 28.9 Å². The van der Waals surface area contributed by atoms with Gasteiger partial charge in [0.2, 0.25) is 11.8 Å². The monoisotopic (exact) mass is 485 g/mol. The van der Waals surface area contributed by atoms with Gasteiger partial charge >= 0.3 is 5.97 Å². The highest BCUT2D eigenvalue weighted by Gasteiger charge is 2.37. The summed E-state index contributed by atoms with van der Waals surface area (Å²) in [5, 5.41) is 14.0. The molecule has 0 spiro atoms. The number of rotatable bonds is 6. The predicted octanol–water partition coefficient (Wildman–Crippen LogP) is 6.27. The Kier molecular flexibility index (Phi) is 7.87. The van der Waals surface area contributed by atoms with E-state index in [1.807, 2.05) is 41.5 Å². The standard InChI is InChI=1S/C26H35N3O4S/c1-15(2)22-27-23(33-28-22)17(4)29(24(30)18-10-8-16(3)9-11-18)20-14-19(12-13-26(5,6)7)34-21(20)25(31)32/h14-18H,8-11H2,1-7H3,(H,31,32). The van der Waals surface area contributed by atoms with E-state index in [0.717, 1.165) is 37.0 Å². The van der Waals surface area contributed by atoms with Crippen molar-refractivity contribution in [1.82, 2.24) is 10.1 Å². The molecule has 3 rings (SSSR count). The van der Waals surface area contributed by atoms with Crippen molar-refractivity contribution in [3.05, 3.63) is 27.5 Å². The van der Waals surface area contributed by atoms with Crippen LogP contribution in [0.2, 0.25) is 0 Å². The van der Waals surface area contributed by atoms with Crippen LogP contribution >= 0.6 is 11.3 Å². The molecule has 8 heteroatoms. The van der Waals surface area contributed by atoms with Gasteiger partial charge in [-0.1, -0.05) is 37.8 Å². The molecule has 0 radical (unpaired) electrons. The first-order valence-corrected chi connectivity index (χ1v) is 12.8. The lowest BCUT2D eigenvalue weighted by atomic mass is 9.82. The number of hydrogen-bond acceptors (Lipinski definition) is 6. The number of amides is 1. The van der Waals surface area contributed by atoms with E-state index in [2.05, 4.69) is 28.9 Å². The number of carbonyl (C=O) groups is 2. The number of carboxylic acids is 1. The molecular weight excluding hydrogens is 450 g/mol. The molecule has 1 N–H and O–H groups in total. The SMILES string of the molecule is CC1CCC(C(=O)N(c2cc(C#CC(C)(C)C)sc2C(=O)O)C(C)c2nc(C(C)C)no2)CC1. The second-order valence-electron chi connectivity index (χ2n) is 10.6. The first-order valence-electron chi connectivity index (χ1n) is 11.9. The minimum absolute atomic E-state index is 0.0729. The van der Waals surface area contributed by atoms with E-state index >= 15 is 0 Å². The number of anilines is 1. The number of carboxylic acid groups (broad SMARTS) is 1. The van der Waals surface area contributed by atoms with Crippen molar-refractivity contribution in [2.45, 2.75) is 86.1 Å². The molecule has 184 valence electrons. The Bertz CT molecular complexity index is 1090. The highest BCUT2D eigenvalue weighted by Crippen LogP contribution is 2.39. The predicted molar refractivity (Wildman–Crippen MR) is 133 cm³/mol. The third-order valence-corrected chi connectivity index (χ3v) is 7.08. The summed E-state index contributed by atoms with van der Waals surface area (Å²) >= 11 is 1.09. The molecule has 2 heterocycles. The van der Waals surface area contributed by atoms with E-state index in [9.17, 15) is 14.7 Å².